The lowest BCUT2D eigenvalue weighted by Crippen LogP contribution is -2.80. The first-order valence-corrected chi connectivity index (χ1v) is 8.72. The van der Waals surface area contributed by atoms with E-state index in [1.807, 2.05) is 44.2 Å². The molecule has 0 heterocycles. The SMILES string of the molecule is CC(C)[NH+]=C(NS(=O)(=O)c1ccc(Cl)cc1)c1ccccc1. The van der Waals surface area contributed by atoms with Gasteiger partial charge in [0.1, 0.15) is 4.90 Å². The number of halogens is 1. The van der Waals surface area contributed by atoms with E-state index in [0.29, 0.717) is 10.9 Å². The summed E-state index contributed by atoms with van der Waals surface area (Å²) >= 11 is 5.80. The van der Waals surface area contributed by atoms with Crippen molar-refractivity contribution in [3.63, 3.8) is 0 Å². The van der Waals surface area contributed by atoms with Crippen LogP contribution in [0, 0.1) is 0 Å². The van der Waals surface area contributed by atoms with Gasteiger partial charge in [-0.25, -0.2) is 0 Å². The minimum atomic E-state index is -3.68. The number of nitrogens with one attached hydrogen (secondary N) is 2. The van der Waals surface area contributed by atoms with Gasteiger partial charge in [-0.3, -0.25) is 4.99 Å². The molecule has 22 heavy (non-hydrogen) atoms. The minimum Gasteiger partial charge on any atom is -0.271 e. The molecule has 2 aromatic rings. The fourth-order valence-electron chi connectivity index (χ4n) is 1.87. The van der Waals surface area contributed by atoms with Crippen LogP contribution in [0.4, 0.5) is 0 Å². The molecule has 0 bridgehead atoms. The molecule has 0 saturated carbocycles. The van der Waals surface area contributed by atoms with Gasteiger partial charge in [-0.1, -0.05) is 29.8 Å². The molecule has 0 aromatic heterocycles. The van der Waals surface area contributed by atoms with Crippen LogP contribution in [0.3, 0.4) is 0 Å². The van der Waals surface area contributed by atoms with E-state index in [4.69, 9.17) is 11.6 Å². The van der Waals surface area contributed by atoms with Crippen molar-refractivity contribution in [3.05, 3.63) is 65.2 Å². The van der Waals surface area contributed by atoms with E-state index in [-0.39, 0.29) is 10.9 Å². The smallest absolute Gasteiger partial charge is 0.271 e. The molecule has 0 aliphatic carbocycles. The Kier molecular flexibility index (Phi) is 5.21. The van der Waals surface area contributed by atoms with Gasteiger partial charge in [-0.15, -0.1) is 0 Å². The molecule has 0 spiro atoms. The Balaban J connectivity index is 2.37. The molecule has 0 unspecified atom stereocenters. The van der Waals surface area contributed by atoms with Crippen LogP contribution in [0.15, 0.2) is 59.5 Å². The lowest BCUT2D eigenvalue weighted by Gasteiger charge is -2.06. The van der Waals surface area contributed by atoms with Crippen molar-refractivity contribution < 1.29 is 13.4 Å². The van der Waals surface area contributed by atoms with E-state index in [2.05, 4.69) is 9.71 Å². The van der Waals surface area contributed by atoms with Crippen LogP contribution in [0.2, 0.25) is 5.02 Å². The highest BCUT2D eigenvalue weighted by Crippen LogP contribution is 2.14. The van der Waals surface area contributed by atoms with E-state index in [0.717, 1.165) is 5.56 Å². The normalized spacial score (nSPS) is 12.5. The third-order valence-electron chi connectivity index (χ3n) is 2.86. The first-order valence-electron chi connectivity index (χ1n) is 6.86. The molecule has 2 aromatic carbocycles. The van der Waals surface area contributed by atoms with E-state index in [1.54, 1.807) is 12.1 Å². The second-order valence-corrected chi connectivity index (χ2v) is 7.22. The summed E-state index contributed by atoms with van der Waals surface area (Å²) in [6.07, 6.45) is 0. The monoisotopic (exact) mass is 337 g/mol. The van der Waals surface area contributed by atoms with Crippen molar-refractivity contribution in [2.24, 2.45) is 0 Å². The minimum absolute atomic E-state index is 0.0862. The fraction of sp³-hybridized carbons (Fsp3) is 0.188. The van der Waals surface area contributed by atoms with Gasteiger partial charge in [0.25, 0.3) is 5.84 Å². The summed E-state index contributed by atoms with van der Waals surface area (Å²) in [5.41, 5.74) is 0.772. The molecule has 6 heteroatoms. The lowest BCUT2D eigenvalue weighted by atomic mass is 10.2. The maximum atomic E-state index is 12.5. The highest BCUT2D eigenvalue weighted by atomic mass is 35.5. The fourth-order valence-corrected chi connectivity index (χ4v) is 3.06. The first kappa shape index (κ1) is 16.5. The standard InChI is InChI=1S/C16H17ClN2O2S/c1-12(2)18-16(13-6-4-3-5-7-13)19-22(20,21)15-10-8-14(17)9-11-15/h3-12H,1-2H3,(H,18,19)/p+1. The number of sulfonamides is 1. The molecule has 0 atom stereocenters. The predicted octanol–water partition coefficient (Wildman–Crippen LogP) is 1.55. The number of hydrogen-bond donors (Lipinski definition) is 2. The highest BCUT2D eigenvalue weighted by Gasteiger charge is 2.23. The van der Waals surface area contributed by atoms with E-state index in [1.165, 1.54) is 12.1 Å². The zero-order valence-electron chi connectivity index (χ0n) is 12.4. The van der Waals surface area contributed by atoms with Crippen LogP contribution in [0.25, 0.3) is 0 Å². The molecule has 0 saturated heterocycles. The molecule has 0 radical (unpaired) electrons. The van der Waals surface area contributed by atoms with Crippen LogP contribution < -0.4 is 9.71 Å². The number of benzene rings is 2. The number of rotatable bonds is 4. The Morgan fingerprint density at radius 1 is 1.05 bits per heavy atom. The van der Waals surface area contributed by atoms with Gasteiger partial charge in [0.05, 0.1) is 11.6 Å². The Morgan fingerprint density at radius 3 is 2.18 bits per heavy atom. The quantitative estimate of drug-likeness (QED) is 0.657. The average Bonchev–Trinajstić information content (AvgIpc) is 2.47. The Morgan fingerprint density at radius 2 is 1.64 bits per heavy atom. The Labute approximate surface area is 135 Å². The van der Waals surface area contributed by atoms with Crippen molar-refractivity contribution in [2.75, 3.05) is 0 Å². The predicted molar refractivity (Wildman–Crippen MR) is 88.4 cm³/mol. The van der Waals surface area contributed by atoms with Gasteiger partial charge in [-0.2, -0.15) is 13.1 Å². The molecule has 4 nitrogen and oxygen atoms in total. The summed E-state index contributed by atoms with van der Waals surface area (Å²) in [5, 5.41) is 0.492. The second kappa shape index (κ2) is 6.94. The van der Waals surface area contributed by atoms with E-state index in [9.17, 15) is 8.42 Å². The van der Waals surface area contributed by atoms with Crippen LogP contribution >= 0.6 is 11.6 Å². The number of amidine groups is 1. The summed E-state index contributed by atoms with van der Waals surface area (Å²) in [7, 11) is -3.68. The molecular weight excluding hydrogens is 320 g/mol. The molecule has 0 amide bonds. The topological polar surface area (TPSA) is 60.1 Å². The first-order chi connectivity index (χ1) is 10.4. The van der Waals surface area contributed by atoms with Gasteiger partial charge in [0, 0.05) is 5.02 Å². The Bertz CT molecular complexity index is 754. The van der Waals surface area contributed by atoms with E-state index < -0.39 is 10.0 Å². The van der Waals surface area contributed by atoms with Crippen molar-refractivity contribution in [2.45, 2.75) is 24.8 Å². The van der Waals surface area contributed by atoms with Crippen LogP contribution in [-0.4, -0.2) is 20.3 Å². The van der Waals surface area contributed by atoms with Gasteiger partial charge in [0.15, 0.2) is 0 Å². The van der Waals surface area contributed by atoms with Gasteiger partial charge >= 0.3 is 10.0 Å². The summed E-state index contributed by atoms with van der Waals surface area (Å²) < 4.78 is 27.6. The van der Waals surface area contributed by atoms with Crippen molar-refractivity contribution in [1.82, 2.24) is 4.72 Å². The molecule has 0 aliphatic heterocycles. The lowest BCUT2D eigenvalue weighted by molar-refractivity contribution is -0.494. The van der Waals surface area contributed by atoms with Crippen LogP contribution in [-0.2, 0) is 10.0 Å². The van der Waals surface area contributed by atoms with Gasteiger partial charge < -0.3 is 0 Å². The zero-order valence-corrected chi connectivity index (χ0v) is 13.9. The summed E-state index contributed by atoms with van der Waals surface area (Å²) in [5.74, 6) is 0.450. The molecule has 0 aliphatic rings. The van der Waals surface area contributed by atoms with Gasteiger partial charge in [0.2, 0.25) is 0 Å². The zero-order chi connectivity index (χ0) is 16.2. The molecule has 2 rings (SSSR count). The molecule has 0 fully saturated rings. The van der Waals surface area contributed by atoms with Crippen molar-refractivity contribution in [1.29, 1.82) is 0 Å². The van der Waals surface area contributed by atoms with E-state index >= 15 is 0 Å². The highest BCUT2D eigenvalue weighted by molar-refractivity contribution is 7.90. The third kappa shape index (κ3) is 4.32. The van der Waals surface area contributed by atoms with Crippen LogP contribution in [0.5, 0.6) is 0 Å². The maximum Gasteiger partial charge on any atom is 0.328 e. The molecule has 116 valence electrons. The van der Waals surface area contributed by atoms with Crippen molar-refractivity contribution in [3.8, 4) is 0 Å². The molecule has 2 N–H and O–H groups in total. The maximum absolute atomic E-state index is 12.5. The summed E-state index contributed by atoms with van der Waals surface area (Å²) in [6, 6.07) is 15.4. The third-order valence-corrected chi connectivity index (χ3v) is 4.47. The second-order valence-electron chi connectivity index (χ2n) is 5.10. The van der Waals surface area contributed by atoms with Gasteiger partial charge in [-0.05, 0) is 50.2 Å². The Hall–Kier alpha value is -1.85. The van der Waals surface area contributed by atoms with Crippen LogP contribution in [0.1, 0.15) is 19.4 Å². The summed E-state index contributed by atoms with van der Waals surface area (Å²) in [4.78, 5) is 3.30. The summed E-state index contributed by atoms with van der Waals surface area (Å²) in [6.45, 7) is 3.89. The average molecular weight is 338 g/mol. The largest absolute Gasteiger partial charge is 0.328 e. The number of hydrogen-bond acceptors (Lipinski definition) is 2. The van der Waals surface area contributed by atoms with Crippen molar-refractivity contribution >= 4 is 27.5 Å². The molecular formula is C16H18ClN2O2S+.